The van der Waals surface area contributed by atoms with Crippen LogP contribution in [0.15, 0.2) is 29.2 Å². The Morgan fingerprint density at radius 2 is 1.86 bits per heavy atom. The summed E-state index contributed by atoms with van der Waals surface area (Å²) in [6.07, 6.45) is 4.74. The van der Waals surface area contributed by atoms with Gasteiger partial charge in [0, 0.05) is 30.7 Å². The molecule has 0 aromatic heterocycles. The zero-order valence-electron chi connectivity index (χ0n) is 12.0. The molecule has 0 N–H and O–H groups in total. The number of nitrogens with zero attached hydrogens (tertiary/aromatic N) is 2. The van der Waals surface area contributed by atoms with Gasteiger partial charge in [-0.05, 0) is 44.0 Å². The van der Waals surface area contributed by atoms with Crippen LogP contribution >= 0.6 is 11.6 Å². The number of benzene rings is 1. The number of halogens is 1. The van der Waals surface area contributed by atoms with Crippen molar-refractivity contribution in [1.29, 1.82) is 0 Å². The molecule has 1 heterocycles. The smallest absolute Gasteiger partial charge is 0.243 e. The number of hydrogen-bond donors (Lipinski definition) is 0. The normalized spacial score (nSPS) is 22.7. The third-order valence-electron chi connectivity index (χ3n) is 4.51. The van der Waals surface area contributed by atoms with Gasteiger partial charge in [-0.2, -0.15) is 4.31 Å². The van der Waals surface area contributed by atoms with E-state index < -0.39 is 10.0 Å². The molecule has 0 spiro atoms. The molecule has 0 bridgehead atoms. The van der Waals surface area contributed by atoms with Gasteiger partial charge in [-0.1, -0.05) is 24.1 Å². The van der Waals surface area contributed by atoms with Gasteiger partial charge in [0.2, 0.25) is 10.0 Å². The van der Waals surface area contributed by atoms with E-state index in [1.165, 1.54) is 25.3 Å². The van der Waals surface area contributed by atoms with Crippen molar-refractivity contribution in [3.05, 3.63) is 29.3 Å². The molecule has 1 aromatic carbocycles. The predicted molar refractivity (Wildman–Crippen MR) is 84.0 cm³/mol. The number of sulfonamides is 1. The highest BCUT2D eigenvalue weighted by molar-refractivity contribution is 7.89. The van der Waals surface area contributed by atoms with E-state index in [4.69, 9.17) is 11.6 Å². The SMILES string of the molecule is O=S(=O)(c1cccc(Cl)c1)N1CCCN(C2CCC2)CC1. The fourth-order valence-electron chi connectivity index (χ4n) is 3.05. The molecule has 0 atom stereocenters. The standard InChI is InChI=1S/C15H21ClN2O2S/c16-13-4-1-7-15(12-13)21(19,20)18-9-3-8-17(10-11-18)14-5-2-6-14/h1,4,7,12,14H,2-3,5-6,8-11H2. The van der Waals surface area contributed by atoms with E-state index in [1.54, 1.807) is 22.5 Å². The Labute approximate surface area is 131 Å². The summed E-state index contributed by atoms with van der Waals surface area (Å²) in [5.74, 6) is 0. The van der Waals surface area contributed by atoms with Crippen molar-refractivity contribution in [3.8, 4) is 0 Å². The van der Waals surface area contributed by atoms with Crippen LogP contribution in [0.5, 0.6) is 0 Å². The van der Waals surface area contributed by atoms with Gasteiger partial charge < -0.3 is 0 Å². The second kappa shape index (κ2) is 6.24. The van der Waals surface area contributed by atoms with E-state index in [0.717, 1.165) is 19.5 Å². The van der Waals surface area contributed by atoms with Crippen LogP contribution < -0.4 is 0 Å². The Balaban J connectivity index is 1.73. The minimum atomic E-state index is -3.42. The van der Waals surface area contributed by atoms with Crippen molar-refractivity contribution in [2.75, 3.05) is 26.2 Å². The lowest BCUT2D eigenvalue weighted by molar-refractivity contribution is 0.134. The van der Waals surface area contributed by atoms with Gasteiger partial charge in [0.25, 0.3) is 0 Å². The summed E-state index contributed by atoms with van der Waals surface area (Å²) in [5.41, 5.74) is 0. The minimum absolute atomic E-state index is 0.298. The molecule has 116 valence electrons. The maximum Gasteiger partial charge on any atom is 0.243 e. The molecular weight excluding hydrogens is 308 g/mol. The molecular formula is C15H21ClN2O2S. The first-order chi connectivity index (χ1) is 10.1. The van der Waals surface area contributed by atoms with Crippen LogP contribution in [0, 0.1) is 0 Å². The second-order valence-corrected chi connectivity index (χ2v) is 8.21. The van der Waals surface area contributed by atoms with Crippen LogP contribution in [0.3, 0.4) is 0 Å². The Hall–Kier alpha value is -0.620. The fraction of sp³-hybridized carbons (Fsp3) is 0.600. The van der Waals surface area contributed by atoms with Crippen molar-refractivity contribution in [2.24, 2.45) is 0 Å². The highest BCUT2D eigenvalue weighted by Gasteiger charge is 2.30. The zero-order valence-corrected chi connectivity index (χ0v) is 13.6. The van der Waals surface area contributed by atoms with E-state index >= 15 is 0 Å². The Morgan fingerprint density at radius 1 is 1.05 bits per heavy atom. The summed E-state index contributed by atoms with van der Waals surface area (Å²) in [4.78, 5) is 2.75. The molecule has 0 unspecified atom stereocenters. The van der Waals surface area contributed by atoms with Gasteiger partial charge in [-0.3, -0.25) is 4.90 Å². The number of rotatable bonds is 3. The second-order valence-electron chi connectivity index (χ2n) is 5.84. The molecule has 3 rings (SSSR count). The quantitative estimate of drug-likeness (QED) is 0.856. The summed E-state index contributed by atoms with van der Waals surface area (Å²) in [5, 5.41) is 0.460. The highest BCUT2D eigenvalue weighted by atomic mass is 35.5. The van der Waals surface area contributed by atoms with Crippen molar-refractivity contribution >= 4 is 21.6 Å². The summed E-state index contributed by atoms with van der Waals surface area (Å²) in [6.45, 7) is 3.01. The third-order valence-corrected chi connectivity index (χ3v) is 6.64. The Morgan fingerprint density at radius 3 is 2.52 bits per heavy atom. The van der Waals surface area contributed by atoms with Crippen molar-refractivity contribution < 1.29 is 8.42 Å². The van der Waals surface area contributed by atoms with Gasteiger partial charge in [0.15, 0.2) is 0 Å². The average Bonchev–Trinajstić information content (AvgIpc) is 2.63. The lowest BCUT2D eigenvalue weighted by Crippen LogP contribution is -2.42. The Kier molecular flexibility index (Phi) is 4.54. The fourth-order valence-corrected chi connectivity index (χ4v) is 4.82. The van der Waals surface area contributed by atoms with Crippen LogP contribution in [-0.4, -0.2) is 49.8 Å². The summed E-state index contributed by atoms with van der Waals surface area (Å²) >= 11 is 5.92. The van der Waals surface area contributed by atoms with Gasteiger partial charge in [0.1, 0.15) is 0 Å². The van der Waals surface area contributed by atoms with Crippen molar-refractivity contribution in [1.82, 2.24) is 9.21 Å². The van der Waals surface area contributed by atoms with Crippen LogP contribution in [0.1, 0.15) is 25.7 Å². The van der Waals surface area contributed by atoms with Crippen LogP contribution in [0.25, 0.3) is 0 Å². The molecule has 1 saturated heterocycles. The molecule has 6 heteroatoms. The highest BCUT2D eigenvalue weighted by Crippen LogP contribution is 2.27. The van der Waals surface area contributed by atoms with Crippen molar-refractivity contribution in [2.45, 2.75) is 36.6 Å². The molecule has 1 aromatic rings. The van der Waals surface area contributed by atoms with Crippen LogP contribution in [0.4, 0.5) is 0 Å². The molecule has 21 heavy (non-hydrogen) atoms. The van der Waals surface area contributed by atoms with Gasteiger partial charge in [0.05, 0.1) is 4.90 Å². The molecule has 0 amide bonds. The van der Waals surface area contributed by atoms with Crippen LogP contribution in [-0.2, 0) is 10.0 Å². The maximum absolute atomic E-state index is 12.7. The lowest BCUT2D eigenvalue weighted by Gasteiger charge is -2.36. The first-order valence-corrected chi connectivity index (χ1v) is 9.39. The van der Waals surface area contributed by atoms with Gasteiger partial charge >= 0.3 is 0 Å². The van der Waals surface area contributed by atoms with Gasteiger partial charge in [-0.25, -0.2) is 8.42 Å². The zero-order chi connectivity index (χ0) is 14.9. The molecule has 1 saturated carbocycles. The molecule has 1 aliphatic heterocycles. The first-order valence-electron chi connectivity index (χ1n) is 7.57. The first kappa shape index (κ1) is 15.3. The largest absolute Gasteiger partial charge is 0.299 e. The summed E-state index contributed by atoms with van der Waals surface area (Å²) in [7, 11) is -3.42. The summed E-state index contributed by atoms with van der Waals surface area (Å²) < 4.78 is 27.0. The number of hydrogen-bond acceptors (Lipinski definition) is 3. The predicted octanol–water partition coefficient (Wildman–Crippen LogP) is 2.59. The third kappa shape index (κ3) is 3.26. The summed E-state index contributed by atoms with van der Waals surface area (Å²) in [6, 6.07) is 7.22. The van der Waals surface area contributed by atoms with E-state index in [9.17, 15) is 8.42 Å². The average molecular weight is 329 g/mol. The van der Waals surface area contributed by atoms with E-state index in [0.29, 0.717) is 29.0 Å². The molecule has 2 fully saturated rings. The monoisotopic (exact) mass is 328 g/mol. The van der Waals surface area contributed by atoms with Crippen molar-refractivity contribution in [3.63, 3.8) is 0 Å². The molecule has 0 radical (unpaired) electrons. The molecule has 2 aliphatic rings. The minimum Gasteiger partial charge on any atom is -0.299 e. The van der Waals surface area contributed by atoms with Gasteiger partial charge in [-0.15, -0.1) is 0 Å². The Bertz CT molecular complexity index is 601. The van der Waals surface area contributed by atoms with Crippen LogP contribution in [0.2, 0.25) is 5.02 Å². The molecule has 1 aliphatic carbocycles. The molecule has 4 nitrogen and oxygen atoms in total. The lowest BCUT2D eigenvalue weighted by atomic mass is 9.91. The topological polar surface area (TPSA) is 40.6 Å². The van der Waals surface area contributed by atoms with E-state index in [2.05, 4.69) is 4.90 Å². The maximum atomic E-state index is 12.7. The van der Waals surface area contributed by atoms with E-state index in [1.807, 2.05) is 0 Å². The van der Waals surface area contributed by atoms with E-state index in [-0.39, 0.29) is 0 Å².